The molecule has 2 amide bonds. The lowest BCUT2D eigenvalue weighted by Crippen LogP contribution is -2.50. The largest absolute Gasteiger partial charge is 0.481 e. The number of carboxylic acids is 1. The summed E-state index contributed by atoms with van der Waals surface area (Å²) in [5, 5.41) is 21.7. The highest BCUT2D eigenvalue weighted by Gasteiger charge is 2.52. The number of hydrogen-bond donors (Lipinski definition) is 5. The van der Waals surface area contributed by atoms with E-state index in [4.69, 9.17) is 22.5 Å². The van der Waals surface area contributed by atoms with Crippen LogP contribution >= 0.6 is 12.2 Å². The summed E-state index contributed by atoms with van der Waals surface area (Å²) >= 11 is 5.16. The summed E-state index contributed by atoms with van der Waals surface area (Å²) in [7, 11) is 0. The third-order valence-electron chi connectivity index (χ3n) is 9.23. The molecule has 4 aromatic rings. The van der Waals surface area contributed by atoms with Crippen molar-refractivity contribution < 1.29 is 28.4 Å². The van der Waals surface area contributed by atoms with Crippen molar-refractivity contribution in [1.82, 2.24) is 25.2 Å². The third kappa shape index (κ3) is 5.34. The molecule has 3 saturated carbocycles. The van der Waals surface area contributed by atoms with Crippen molar-refractivity contribution in [2.45, 2.75) is 51.6 Å². The minimum Gasteiger partial charge on any atom is -0.481 e. The highest BCUT2D eigenvalue weighted by molar-refractivity contribution is 7.71. The molecule has 7 rings (SSSR count). The van der Waals surface area contributed by atoms with Crippen molar-refractivity contribution in [1.29, 1.82) is 0 Å². The first kappa shape index (κ1) is 30.1. The zero-order valence-electron chi connectivity index (χ0n) is 23.8. The highest BCUT2D eigenvalue weighted by Crippen LogP contribution is 2.56. The lowest BCUT2D eigenvalue weighted by atomic mass is 9.53. The Balaban J connectivity index is 1.14. The molecule has 0 radical (unpaired) electrons. The second-order valence-corrected chi connectivity index (χ2v) is 12.1. The summed E-state index contributed by atoms with van der Waals surface area (Å²) in [4.78, 5) is 65.3. The molecule has 0 unspecified atom stereocenters. The Morgan fingerprint density at radius 1 is 1.02 bits per heavy atom. The van der Waals surface area contributed by atoms with E-state index in [0.717, 1.165) is 0 Å². The number of carbonyl (C=O) groups is 3. The fraction of sp³-hybridized carbons (Fsp3) is 0.379. The van der Waals surface area contributed by atoms with Gasteiger partial charge in [-0.05, 0) is 85.1 Å². The van der Waals surface area contributed by atoms with Crippen molar-refractivity contribution in [2.24, 2.45) is 10.8 Å². The molecule has 0 aliphatic heterocycles. The van der Waals surface area contributed by atoms with Crippen LogP contribution in [0.25, 0.3) is 5.78 Å². The van der Waals surface area contributed by atoms with E-state index in [0.29, 0.717) is 50.6 Å². The minimum absolute atomic E-state index is 0.0430. The Morgan fingerprint density at radius 3 is 2.40 bits per heavy atom. The number of halogens is 1. The summed E-state index contributed by atoms with van der Waals surface area (Å²) in [5.74, 6) is -2.59. The van der Waals surface area contributed by atoms with Crippen LogP contribution in [0.2, 0.25) is 0 Å². The predicted octanol–water partition coefficient (Wildman–Crippen LogP) is 2.07. The van der Waals surface area contributed by atoms with Gasteiger partial charge in [-0.2, -0.15) is 0 Å². The Morgan fingerprint density at radius 2 is 1.73 bits per heavy atom. The Hall–Kier alpha value is -4.99. The van der Waals surface area contributed by atoms with E-state index in [1.807, 2.05) is 0 Å². The number of carbonyl (C=O) groups excluding carboxylic acids is 2. The number of fused-ring (bicyclic) bond motifs is 4. The number of nitrogens with zero attached hydrogens (tertiary/aromatic N) is 3. The second kappa shape index (κ2) is 11.2. The van der Waals surface area contributed by atoms with Crippen molar-refractivity contribution in [3.8, 4) is 0 Å². The van der Waals surface area contributed by atoms with Crippen molar-refractivity contribution in [3.05, 3.63) is 77.9 Å². The van der Waals surface area contributed by atoms with E-state index < -0.39 is 39.9 Å². The number of benzene rings is 1. The van der Waals surface area contributed by atoms with Crippen molar-refractivity contribution >= 4 is 47.2 Å². The molecule has 0 atom stereocenters. The van der Waals surface area contributed by atoms with Crippen LogP contribution in [0.3, 0.4) is 0 Å². The molecule has 45 heavy (non-hydrogen) atoms. The SMILES string of the molecule is Nc1c(NCc2cc(CNC(=O)c3cc(C(=O)NCC45CCC(C(=O)O)(CC4)CC5)nc4noc(=S)n34)ccc2F)c(=O)c1=O. The summed E-state index contributed by atoms with van der Waals surface area (Å²) in [6, 6.07) is 5.42. The van der Waals surface area contributed by atoms with Crippen LogP contribution in [0, 0.1) is 21.5 Å². The topological polar surface area (TPSA) is 211 Å². The molecule has 0 saturated heterocycles. The number of amides is 2. The van der Waals surface area contributed by atoms with Gasteiger partial charge in [0.05, 0.1) is 5.41 Å². The standard InChI is InChI=1S/C29H28FN7O7S/c30-16-2-1-14(9-15(16)12-32-20-19(31)21(38)22(20)39)11-33-24(41)18-10-17(35-26-36-44-27(45)37(18)26)23(40)34-13-28-3-6-29(7-4-28,8-5-28)25(42)43/h1-2,9-10,32H,3-8,11-13,31H2,(H,33,41)(H,34,40)(H,42,43). The number of aliphatic carboxylic acids is 1. The monoisotopic (exact) mass is 637 g/mol. The molecular formula is C29H28FN7O7S. The molecule has 234 valence electrons. The molecule has 2 heterocycles. The first-order valence-electron chi connectivity index (χ1n) is 14.2. The molecule has 6 N–H and O–H groups in total. The van der Waals surface area contributed by atoms with E-state index in [1.165, 1.54) is 28.7 Å². The van der Waals surface area contributed by atoms with Crippen LogP contribution in [0.1, 0.15) is 70.6 Å². The van der Waals surface area contributed by atoms with E-state index >= 15 is 0 Å². The van der Waals surface area contributed by atoms with Crippen LogP contribution in [0.15, 0.2) is 38.4 Å². The van der Waals surface area contributed by atoms with Crippen LogP contribution < -0.4 is 32.5 Å². The molecule has 2 aromatic carbocycles. The molecule has 3 aliphatic carbocycles. The molecule has 2 aromatic heterocycles. The van der Waals surface area contributed by atoms with E-state index in [1.54, 1.807) is 0 Å². The molecule has 14 nitrogen and oxygen atoms in total. The van der Waals surface area contributed by atoms with Gasteiger partial charge in [0, 0.05) is 25.2 Å². The molecule has 3 fully saturated rings. The maximum absolute atomic E-state index is 14.4. The average molecular weight is 638 g/mol. The number of rotatable bonds is 10. The Labute approximate surface area is 258 Å². The number of carboxylic acid groups (broad SMARTS) is 1. The zero-order chi connectivity index (χ0) is 32.1. The van der Waals surface area contributed by atoms with Gasteiger partial charge in [0.2, 0.25) is 0 Å². The number of anilines is 2. The number of nitrogens with one attached hydrogen (secondary N) is 3. The van der Waals surface area contributed by atoms with Gasteiger partial charge >= 0.3 is 10.8 Å². The van der Waals surface area contributed by atoms with E-state index in [-0.39, 0.29) is 57.4 Å². The number of nitrogen functional groups attached to an aromatic ring is 1. The maximum Gasteiger partial charge on any atom is 0.309 e. The first-order chi connectivity index (χ1) is 21.4. The molecule has 0 spiro atoms. The summed E-state index contributed by atoms with van der Waals surface area (Å²) < 4.78 is 20.7. The van der Waals surface area contributed by atoms with Gasteiger partial charge in [-0.15, -0.1) is 0 Å². The number of nitrogens with two attached hydrogens (primary N) is 1. The summed E-state index contributed by atoms with van der Waals surface area (Å²) in [6.45, 7) is 0.180. The van der Waals surface area contributed by atoms with Gasteiger partial charge in [0.15, 0.2) is 0 Å². The fourth-order valence-corrected chi connectivity index (χ4v) is 6.48. The molecule has 16 heteroatoms. The summed E-state index contributed by atoms with van der Waals surface area (Å²) in [6.07, 6.45) is 3.81. The normalized spacial score (nSPS) is 20.7. The maximum atomic E-state index is 14.4. The van der Waals surface area contributed by atoms with Crippen molar-refractivity contribution in [3.63, 3.8) is 0 Å². The van der Waals surface area contributed by atoms with Gasteiger partial charge in [-0.25, -0.2) is 13.8 Å². The predicted molar refractivity (Wildman–Crippen MR) is 159 cm³/mol. The van der Waals surface area contributed by atoms with Crippen LogP contribution in [0.4, 0.5) is 15.8 Å². The lowest BCUT2D eigenvalue weighted by Gasteiger charge is -2.51. The lowest BCUT2D eigenvalue weighted by molar-refractivity contribution is -0.158. The van der Waals surface area contributed by atoms with E-state index in [9.17, 15) is 33.5 Å². The number of aromatic nitrogens is 3. The van der Waals surface area contributed by atoms with Crippen LogP contribution in [-0.4, -0.2) is 44.0 Å². The molecular weight excluding hydrogens is 609 g/mol. The average Bonchev–Trinajstić information content (AvgIpc) is 3.44. The molecule has 2 bridgehead atoms. The Kier molecular flexibility index (Phi) is 7.46. The van der Waals surface area contributed by atoms with Gasteiger partial charge in [-0.1, -0.05) is 6.07 Å². The minimum atomic E-state index is -0.792. The van der Waals surface area contributed by atoms with E-state index in [2.05, 4.69) is 26.1 Å². The number of hydrogen-bond acceptors (Lipinski definition) is 11. The molecule has 3 aliphatic rings. The van der Waals surface area contributed by atoms with Gasteiger partial charge in [0.1, 0.15) is 28.6 Å². The zero-order valence-corrected chi connectivity index (χ0v) is 24.6. The van der Waals surface area contributed by atoms with Gasteiger partial charge in [-0.3, -0.25) is 24.0 Å². The fourth-order valence-electron chi connectivity index (χ4n) is 6.26. The quantitative estimate of drug-likeness (QED) is 0.125. The third-order valence-corrected chi connectivity index (χ3v) is 9.49. The van der Waals surface area contributed by atoms with Crippen LogP contribution in [-0.2, 0) is 17.9 Å². The van der Waals surface area contributed by atoms with Gasteiger partial charge < -0.3 is 31.3 Å². The second-order valence-electron chi connectivity index (χ2n) is 11.8. The van der Waals surface area contributed by atoms with Crippen molar-refractivity contribution in [2.75, 3.05) is 17.6 Å². The highest BCUT2D eigenvalue weighted by atomic mass is 32.1. The van der Waals surface area contributed by atoms with Gasteiger partial charge in [0.25, 0.3) is 28.4 Å². The summed E-state index contributed by atoms with van der Waals surface area (Å²) in [5.41, 5.74) is 3.37. The first-order valence-corrected chi connectivity index (χ1v) is 14.6. The smallest absolute Gasteiger partial charge is 0.309 e. The van der Waals surface area contributed by atoms with Crippen LogP contribution in [0.5, 0.6) is 0 Å². The Bertz CT molecular complexity index is 1990.